The summed E-state index contributed by atoms with van der Waals surface area (Å²) in [6.07, 6.45) is 7.86. The van der Waals surface area contributed by atoms with E-state index in [0.29, 0.717) is 24.9 Å². The number of ketones is 1. The summed E-state index contributed by atoms with van der Waals surface area (Å²) in [5.74, 6) is 0.382. The molecule has 2 fully saturated rings. The van der Waals surface area contributed by atoms with Crippen LogP contribution in [0.5, 0.6) is 0 Å². The van der Waals surface area contributed by atoms with Gasteiger partial charge in [-0.3, -0.25) is 24.0 Å². The van der Waals surface area contributed by atoms with Crippen LogP contribution < -0.4 is 17.0 Å². The third-order valence-electron chi connectivity index (χ3n) is 5.67. The van der Waals surface area contributed by atoms with Gasteiger partial charge in [0.1, 0.15) is 11.4 Å². The third-order valence-corrected chi connectivity index (χ3v) is 5.67. The number of nitrogens with two attached hydrogens (primary N) is 1. The normalized spacial score (nSPS) is 24.0. The van der Waals surface area contributed by atoms with E-state index in [-0.39, 0.29) is 23.7 Å². The van der Waals surface area contributed by atoms with Gasteiger partial charge in [-0.2, -0.15) is 0 Å². The van der Waals surface area contributed by atoms with Crippen LogP contribution in [0.4, 0.5) is 5.82 Å². The number of aromatic nitrogens is 2. The van der Waals surface area contributed by atoms with E-state index in [1.807, 2.05) is 6.92 Å². The van der Waals surface area contributed by atoms with Gasteiger partial charge in [-0.1, -0.05) is 19.8 Å². The number of Topliss-reactive ketones (excluding diaryl/α,β-unsaturated/α-hetero) is 1. The van der Waals surface area contributed by atoms with Crippen LogP contribution >= 0.6 is 0 Å². The molecule has 2 atom stereocenters. The highest BCUT2D eigenvalue weighted by Crippen LogP contribution is 2.35. The second-order valence-corrected chi connectivity index (χ2v) is 7.32. The van der Waals surface area contributed by atoms with Gasteiger partial charge < -0.3 is 5.73 Å². The zero-order chi connectivity index (χ0) is 18.0. The van der Waals surface area contributed by atoms with E-state index in [2.05, 4.69) is 9.88 Å². The molecule has 1 aliphatic carbocycles. The molecule has 0 bridgehead atoms. The van der Waals surface area contributed by atoms with Gasteiger partial charge in [0, 0.05) is 12.6 Å². The van der Waals surface area contributed by atoms with Crippen molar-refractivity contribution in [2.24, 2.45) is 5.92 Å². The first kappa shape index (κ1) is 17.9. The molecule has 0 unspecified atom stereocenters. The molecule has 7 heteroatoms. The predicted molar refractivity (Wildman–Crippen MR) is 96.9 cm³/mol. The number of rotatable bonds is 5. The van der Waals surface area contributed by atoms with E-state index in [0.717, 1.165) is 19.4 Å². The van der Waals surface area contributed by atoms with Crippen LogP contribution in [-0.4, -0.2) is 39.4 Å². The summed E-state index contributed by atoms with van der Waals surface area (Å²) in [4.78, 5) is 41.4. The maximum Gasteiger partial charge on any atom is 0.329 e. The van der Waals surface area contributed by atoms with E-state index < -0.39 is 11.2 Å². The van der Waals surface area contributed by atoms with Gasteiger partial charge in [0.15, 0.2) is 5.78 Å². The van der Waals surface area contributed by atoms with E-state index in [1.165, 1.54) is 30.3 Å². The molecule has 0 aromatic carbocycles. The summed E-state index contributed by atoms with van der Waals surface area (Å²) in [7, 11) is 0. The standard InChI is InChI=1S/C18H28N4O3/c1-2-9-22-16(19)15(17(24)20-18(22)25)14(23)11-21-10-5-7-12-6-3-4-8-13(12)21/h12-13H,2-11,19H2,1H3,(H,20,24,25)/t12-,13+/m1/s1. The minimum absolute atomic E-state index is 0.00203. The molecule has 1 saturated carbocycles. The smallest absolute Gasteiger partial charge is 0.329 e. The van der Waals surface area contributed by atoms with E-state index in [9.17, 15) is 14.4 Å². The van der Waals surface area contributed by atoms with Crippen molar-refractivity contribution in [3.63, 3.8) is 0 Å². The molecule has 0 radical (unpaired) electrons. The van der Waals surface area contributed by atoms with Crippen LogP contribution in [0, 0.1) is 5.92 Å². The quantitative estimate of drug-likeness (QED) is 0.783. The second-order valence-electron chi connectivity index (χ2n) is 7.32. The number of nitrogens with one attached hydrogen (secondary N) is 1. The number of fused-ring (bicyclic) bond motifs is 1. The Balaban J connectivity index is 1.84. The first-order valence-electron chi connectivity index (χ1n) is 9.42. The number of nitrogens with zero attached hydrogens (tertiary/aromatic N) is 2. The minimum Gasteiger partial charge on any atom is -0.384 e. The third kappa shape index (κ3) is 3.56. The summed E-state index contributed by atoms with van der Waals surface area (Å²) in [5, 5.41) is 0. The van der Waals surface area contributed by atoms with Crippen LogP contribution in [0.25, 0.3) is 0 Å². The van der Waals surface area contributed by atoms with Gasteiger partial charge in [0.25, 0.3) is 5.56 Å². The minimum atomic E-state index is -0.669. The number of aromatic amines is 1. The van der Waals surface area contributed by atoms with Crippen molar-refractivity contribution in [2.45, 2.75) is 64.5 Å². The highest BCUT2D eigenvalue weighted by molar-refractivity contribution is 6.01. The predicted octanol–water partition coefficient (Wildman–Crippen LogP) is 1.37. The van der Waals surface area contributed by atoms with Gasteiger partial charge in [0.2, 0.25) is 0 Å². The van der Waals surface area contributed by atoms with Crippen molar-refractivity contribution >= 4 is 11.6 Å². The van der Waals surface area contributed by atoms with E-state index in [1.54, 1.807) is 0 Å². The highest BCUT2D eigenvalue weighted by Gasteiger charge is 2.34. The van der Waals surface area contributed by atoms with Crippen molar-refractivity contribution in [1.82, 2.24) is 14.5 Å². The fraction of sp³-hybridized carbons (Fsp3) is 0.722. The van der Waals surface area contributed by atoms with Crippen molar-refractivity contribution in [3.8, 4) is 0 Å². The average molecular weight is 348 g/mol. The zero-order valence-electron chi connectivity index (χ0n) is 14.9. The summed E-state index contributed by atoms with van der Waals surface area (Å²) < 4.78 is 1.29. The number of likely N-dealkylation sites (tertiary alicyclic amines) is 1. The molecule has 1 aromatic rings. The molecule has 3 N–H and O–H groups in total. The number of piperidine rings is 1. The van der Waals surface area contributed by atoms with Gasteiger partial charge >= 0.3 is 5.69 Å². The van der Waals surface area contributed by atoms with Crippen LogP contribution in [0.15, 0.2) is 9.59 Å². The fourth-order valence-corrected chi connectivity index (χ4v) is 4.49. The van der Waals surface area contributed by atoms with Crippen molar-refractivity contribution in [2.75, 3.05) is 18.8 Å². The highest BCUT2D eigenvalue weighted by atomic mass is 16.2. The molecule has 0 spiro atoms. The molecular formula is C18H28N4O3. The number of carbonyl (C=O) groups is 1. The van der Waals surface area contributed by atoms with Gasteiger partial charge in [-0.25, -0.2) is 4.79 Å². The summed E-state index contributed by atoms with van der Waals surface area (Å²) in [6.45, 7) is 3.39. The number of nitrogen functional groups attached to an aromatic ring is 1. The summed E-state index contributed by atoms with van der Waals surface area (Å²) in [5.41, 5.74) is 4.73. The molecule has 2 aliphatic rings. The molecule has 1 aromatic heterocycles. The van der Waals surface area contributed by atoms with E-state index in [4.69, 9.17) is 5.73 Å². The number of anilines is 1. The molecular weight excluding hydrogens is 320 g/mol. The first-order valence-corrected chi connectivity index (χ1v) is 9.42. The largest absolute Gasteiger partial charge is 0.384 e. The number of H-pyrrole nitrogens is 1. The first-order chi connectivity index (χ1) is 12.0. The Morgan fingerprint density at radius 3 is 2.68 bits per heavy atom. The molecule has 7 nitrogen and oxygen atoms in total. The van der Waals surface area contributed by atoms with Crippen molar-refractivity contribution < 1.29 is 4.79 Å². The molecule has 0 amide bonds. The molecule has 3 rings (SSSR count). The zero-order valence-corrected chi connectivity index (χ0v) is 14.9. The summed E-state index contributed by atoms with van der Waals surface area (Å²) >= 11 is 0. The molecule has 25 heavy (non-hydrogen) atoms. The van der Waals surface area contributed by atoms with Crippen LogP contribution in [0.3, 0.4) is 0 Å². The summed E-state index contributed by atoms with van der Waals surface area (Å²) in [6, 6.07) is 0.438. The Kier molecular flexibility index (Phi) is 5.42. The lowest BCUT2D eigenvalue weighted by Gasteiger charge is -2.43. The van der Waals surface area contributed by atoms with Crippen LogP contribution in [0.2, 0.25) is 0 Å². The van der Waals surface area contributed by atoms with E-state index >= 15 is 0 Å². The fourth-order valence-electron chi connectivity index (χ4n) is 4.49. The molecule has 1 saturated heterocycles. The maximum atomic E-state index is 12.8. The maximum absolute atomic E-state index is 12.8. The number of carbonyl (C=O) groups excluding carboxylic acids is 1. The van der Waals surface area contributed by atoms with Gasteiger partial charge in [-0.15, -0.1) is 0 Å². The van der Waals surface area contributed by atoms with Crippen molar-refractivity contribution in [1.29, 1.82) is 0 Å². The number of hydrogen-bond donors (Lipinski definition) is 2. The Morgan fingerprint density at radius 2 is 1.92 bits per heavy atom. The van der Waals surface area contributed by atoms with Crippen LogP contribution in [-0.2, 0) is 6.54 Å². The average Bonchev–Trinajstić information content (AvgIpc) is 2.59. The van der Waals surface area contributed by atoms with Crippen molar-refractivity contribution in [3.05, 3.63) is 26.4 Å². The lowest BCUT2D eigenvalue weighted by molar-refractivity contribution is 0.0538. The van der Waals surface area contributed by atoms with Crippen LogP contribution in [0.1, 0.15) is 62.2 Å². The Bertz CT molecular complexity index is 750. The Labute approximate surface area is 147 Å². The lowest BCUT2D eigenvalue weighted by Crippen LogP contribution is -2.49. The second kappa shape index (κ2) is 7.56. The lowest BCUT2D eigenvalue weighted by atomic mass is 9.78. The number of hydrogen-bond acceptors (Lipinski definition) is 5. The SMILES string of the molecule is CCCn1c(N)c(C(=O)CN2CCC[C@H]3CCCC[C@@H]32)c(=O)[nH]c1=O. The molecule has 138 valence electrons. The molecule has 1 aliphatic heterocycles. The van der Waals surface area contributed by atoms with Gasteiger partial charge in [0.05, 0.1) is 6.54 Å². The Hall–Kier alpha value is -1.89. The topological polar surface area (TPSA) is 101 Å². The molecule has 2 heterocycles. The van der Waals surface area contributed by atoms with Gasteiger partial charge in [-0.05, 0) is 44.6 Å². The monoisotopic (exact) mass is 348 g/mol. The Morgan fingerprint density at radius 1 is 1.20 bits per heavy atom.